The number of aryl methyl sites for hydroxylation is 2. The molecule has 102 valence electrons. The van der Waals surface area contributed by atoms with Crippen molar-refractivity contribution in [3.05, 3.63) is 12.3 Å². The minimum atomic E-state index is 0.725. The van der Waals surface area contributed by atoms with Gasteiger partial charge in [0.05, 0.1) is 13.2 Å². The van der Waals surface area contributed by atoms with Gasteiger partial charge < -0.3 is 9.64 Å². The van der Waals surface area contributed by atoms with Crippen molar-refractivity contribution in [1.82, 2.24) is 24.5 Å². The van der Waals surface area contributed by atoms with Crippen molar-refractivity contribution in [1.29, 1.82) is 0 Å². The molecule has 0 atom stereocenters. The van der Waals surface area contributed by atoms with Crippen molar-refractivity contribution in [2.75, 3.05) is 31.2 Å². The van der Waals surface area contributed by atoms with Crippen LogP contribution in [0.3, 0.4) is 0 Å². The summed E-state index contributed by atoms with van der Waals surface area (Å²) in [6.45, 7) is 6.08. The molecular formula is C12H18N6O. The average molecular weight is 262 g/mol. The third-order valence-electron chi connectivity index (χ3n) is 3.28. The van der Waals surface area contributed by atoms with Crippen LogP contribution in [-0.2, 0) is 18.3 Å². The molecule has 0 aromatic carbocycles. The first kappa shape index (κ1) is 12.2. The molecule has 1 saturated heterocycles. The van der Waals surface area contributed by atoms with Crippen LogP contribution in [0.15, 0.2) is 12.3 Å². The third kappa shape index (κ3) is 2.21. The van der Waals surface area contributed by atoms with Crippen LogP contribution in [0.5, 0.6) is 0 Å². The molecule has 2 aromatic rings. The number of nitrogens with zero attached hydrogens (tertiary/aromatic N) is 6. The Balaban J connectivity index is 1.92. The summed E-state index contributed by atoms with van der Waals surface area (Å²) in [5.41, 5.74) is 0.956. The minimum Gasteiger partial charge on any atom is -0.378 e. The zero-order valence-corrected chi connectivity index (χ0v) is 11.3. The number of hydrogen-bond donors (Lipinski definition) is 0. The SMILES string of the molecule is CCn1nccc1-c1nc(N2CCOCC2)n(C)n1. The summed E-state index contributed by atoms with van der Waals surface area (Å²) in [5.74, 6) is 1.62. The molecule has 0 unspecified atom stereocenters. The predicted molar refractivity (Wildman–Crippen MR) is 70.9 cm³/mol. The Morgan fingerprint density at radius 3 is 2.84 bits per heavy atom. The molecule has 0 aliphatic carbocycles. The number of hydrogen-bond acceptors (Lipinski definition) is 5. The lowest BCUT2D eigenvalue weighted by Crippen LogP contribution is -2.37. The lowest BCUT2D eigenvalue weighted by atomic mass is 10.4. The molecule has 1 aliphatic heterocycles. The summed E-state index contributed by atoms with van der Waals surface area (Å²) in [4.78, 5) is 6.85. The van der Waals surface area contributed by atoms with Crippen LogP contribution in [0.4, 0.5) is 5.95 Å². The van der Waals surface area contributed by atoms with E-state index in [-0.39, 0.29) is 0 Å². The molecule has 0 bridgehead atoms. The van der Waals surface area contributed by atoms with Crippen molar-refractivity contribution < 1.29 is 4.74 Å². The van der Waals surface area contributed by atoms with Gasteiger partial charge in [0.2, 0.25) is 11.8 Å². The predicted octanol–water partition coefficient (Wildman–Crippen LogP) is 0.535. The molecule has 3 rings (SSSR count). The molecule has 19 heavy (non-hydrogen) atoms. The number of ether oxygens (including phenoxy) is 1. The van der Waals surface area contributed by atoms with E-state index in [4.69, 9.17) is 4.74 Å². The maximum atomic E-state index is 5.36. The number of aromatic nitrogens is 5. The highest BCUT2D eigenvalue weighted by atomic mass is 16.5. The minimum absolute atomic E-state index is 0.725. The van der Waals surface area contributed by atoms with E-state index in [9.17, 15) is 0 Å². The molecule has 1 fully saturated rings. The van der Waals surface area contributed by atoms with Crippen LogP contribution in [0.2, 0.25) is 0 Å². The lowest BCUT2D eigenvalue weighted by molar-refractivity contribution is 0.121. The van der Waals surface area contributed by atoms with Gasteiger partial charge in [-0.25, -0.2) is 4.68 Å². The normalized spacial score (nSPS) is 16.0. The van der Waals surface area contributed by atoms with Crippen molar-refractivity contribution in [3.8, 4) is 11.5 Å². The molecule has 1 aliphatic rings. The maximum absolute atomic E-state index is 5.36. The first-order chi connectivity index (χ1) is 9.29. The molecule has 0 spiro atoms. The molecule has 3 heterocycles. The summed E-state index contributed by atoms with van der Waals surface area (Å²) >= 11 is 0. The first-order valence-electron chi connectivity index (χ1n) is 6.55. The van der Waals surface area contributed by atoms with Crippen LogP contribution in [0.1, 0.15) is 6.92 Å². The molecule has 0 amide bonds. The first-order valence-corrected chi connectivity index (χ1v) is 6.55. The standard InChI is InChI=1S/C12H18N6O/c1-3-18-10(4-5-13-18)11-14-12(16(2)15-11)17-6-8-19-9-7-17/h4-5H,3,6-9H2,1-2H3. The summed E-state index contributed by atoms with van der Waals surface area (Å²) in [5, 5.41) is 8.76. The van der Waals surface area contributed by atoms with Crippen molar-refractivity contribution in [3.63, 3.8) is 0 Å². The Morgan fingerprint density at radius 2 is 2.11 bits per heavy atom. The van der Waals surface area contributed by atoms with Gasteiger partial charge in [-0.05, 0) is 13.0 Å². The van der Waals surface area contributed by atoms with E-state index in [1.54, 1.807) is 6.20 Å². The Labute approximate surface area is 111 Å². The van der Waals surface area contributed by atoms with Crippen molar-refractivity contribution in [2.45, 2.75) is 13.5 Å². The summed E-state index contributed by atoms with van der Waals surface area (Å²) < 4.78 is 9.09. The fourth-order valence-electron chi connectivity index (χ4n) is 2.30. The Bertz CT molecular complexity index is 554. The van der Waals surface area contributed by atoms with Crippen LogP contribution >= 0.6 is 0 Å². The molecule has 2 aromatic heterocycles. The van der Waals surface area contributed by atoms with Crippen LogP contribution in [0.25, 0.3) is 11.5 Å². The quantitative estimate of drug-likeness (QED) is 0.807. The molecule has 0 radical (unpaired) electrons. The zero-order chi connectivity index (χ0) is 13.2. The highest BCUT2D eigenvalue weighted by molar-refractivity contribution is 5.51. The van der Waals surface area contributed by atoms with Crippen molar-refractivity contribution in [2.24, 2.45) is 7.05 Å². The van der Waals surface area contributed by atoms with Gasteiger partial charge >= 0.3 is 0 Å². The monoisotopic (exact) mass is 262 g/mol. The van der Waals surface area contributed by atoms with Crippen LogP contribution in [0, 0.1) is 0 Å². The smallest absolute Gasteiger partial charge is 0.224 e. The second-order valence-corrected chi connectivity index (χ2v) is 4.49. The Hall–Kier alpha value is -1.89. The summed E-state index contributed by atoms with van der Waals surface area (Å²) in [6, 6.07) is 1.95. The summed E-state index contributed by atoms with van der Waals surface area (Å²) in [7, 11) is 1.92. The van der Waals surface area contributed by atoms with E-state index in [2.05, 4.69) is 27.0 Å². The molecular weight excluding hydrogens is 244 g/mol. The maximum Gasteiger partial charge on any atom is 0.224 e. The largest absolute Gasteiger partial charge is 0.378 e. The second-order valence-electron chi connectivity index (χ2n) is 4.49. The van der Waals surface area contributed by atoms with Gasteiger partial charge in [-0.3, -0.25) is 4.68 Å². The van der Waals surface area contributed by atoms with E-state index in [0.29, 0.717) is 0 Å². The third-order valence-corrected chi connectivity index (χ3v) is 3.28. The number of rotatable bonds is 3. The van der Waals surface area contributed by atoms with E-state index >= 15 is 0 Å². The molecule has 0 N–H and O–H groups in total. The van der Waals surface area contributed by atoms with Gasteiger partial charge in [-0.2, -0.15) is 10.1 Å². The number of anilines is 1. The second kappa shape index (κ2) is 5.00. The summed E-state index contributed by atoms with van der Waals surface area (Å²) in [6.07, 6.45) is 1.78. The topological polar surface area (TPSA) is 61.0 Å². The van der Waals surface area contributed by atoms with E-state index in [1.807, 2.05) is 22.5 Å². The van der Waals surface area contributed by atoms with E-state index in [1.165, 1.54) is 0 Å². The highest BCUT2D eigenvalue weighted by Gasteiger charge is 2.19. The van der Waals surface area contributed by atoms with Gasteiger partial charge in [-0.1, -0.05) is 0 Å². The van der Waals surface area contributed by atoms with Gasteiger partial charge in [0.25, 0.3) is 0 Å². The van der Waals surface area contributed by atoms with Gasteiger partial charge in [0.15, 0.2) is 0 Å². The van der Waals surface area contributed by atoms with Crippen LogP contribution < -0.4 is 4.90 Å². The fourth-order valence-corrected chi connectivity index (χ4v) is 2.30. The van der Waals surface area contributed by atoms with Crippen molar-refractivity contribution >= 4 is 5.95 Å². The fraction of sp³-hybridized carbons (Fsp3) is 0.583. The van der Waals surface area contributed by atoms with E-state index in [0.717, 1.165) is 50.3 Å². The van der Waals surface area contributed by atoms with E-state index < -0.39 is 0 Å². The highest BCUT2D eigenvalue weighted by Crippen LogP contribution is 2.19. The Kier molecular flexibility index (Phi) is 3.20. The van der Waals surface area contributed by atoms with Gasteiger partial charge in [-0.15, -0.1) is 5.10 Å². The number of morpholine rings is 1. The molecule has 0 saturated carbocycles. The Morgan fingerprint density at radius 1 is 1.32 bits per heavy atom. The molecule has 7 nitrogen and oxygen atoms in total. The van der Waals surface area contributed by atoms with Gasteiger partial charge in [0.1, 0.15) is 5.69 Å². The lowest BCUT2D eigenvalue weighted by Gasteiger charge is -2.26. The average Bonchev–Trinajstić information content (AvgIpc) is 3.05. The zero-order valence-electron chi connectivity index (χ0n) is 11.3. The van der Waals surface area contributed by atoms with Crippen LogP contribution in [-0.4, -0.2) is 50.8 Å². The molecule has 7 heteroatoms. The van der Waals surface area contributed by atoms with Gasteiger partial charge in [0, 0.05) is 32.9 Å².